The fraction of sp³-hybridized carbons (Fsp3) is 0.172. The summed E-state index contributed by atoms with van der Waals surface area (Å²) in [5.41, 5.74) is 4.59. The van der Waals surface area contributed by atoms with E-state index in [2.05, 4.69) is 10.2 Å². The third-order valence-corrected chi connectivity index (χ3v) is 6.14. The monoisotopic (exact) mass is 494 g/mol. The van der Waals surface area contributed by atoms with E-state index in [4.69, 9.17) is 9.72 Å². The van der Waals surface area contributed by atoms with Crippen LogP contribution in [-0.4, -0.2) is 35.9 Å². The van der Waals surface area contributed by atoms with E-state index in [0.717, 1.165) is 22.5 Å². The van der Waals surface area contributed by atoms with Crippen LogP contribution in [0.2, 0.25) is 0 Å². The number of fused-ring (bicyclic) bond motifs is 1. The number of ether oxygens (including phenoxy) is 1. The van der Waals surface area contributed by atoms with Crippen molar-refractivity contribution in [2.45, 2.75) is 32.9 Å². The van der Waals surface area contributed by atoms with E-state index in [1.165, 1.54) is 0 Å². The molecule has 0 spiro atoms. The maximum Gasteiger partial charge on any atom is 0.336 e. The minimum Gasteiger partial charge on any atom is -0.491 e. The molecule has 37 heavy (non-hydrogen) atoms. The van der Waals surface area contributed by atoms with Crippen LogP contribution in [-0.2, 0) is 13.2 Å². The van der Waals surface area contributed by atoms with Crippen LogP contribution in [0.3, 0.4) is 0 Å². The number of imidazole rings is 1. The first-order valence-corrected chi connectivity index (χ1v) is 12.0. The Morgan fingerprint density at radius 1 is 0.919 bits per heavy atom. The van der Waals surface area contributed by atoms with Crippen molar-refractivity contribution in [2.75, 3.05) is 0 Å². The lowest BCUT2D eigenvalue weighted by Gasteiger charge is -2.13. The fourth-order valence-corrected chi connectivity index (χ4v) is 4.35. The van der Waals surface area contributed by atoms with Gasteiger partial charge in [0.2, 0.25) is 0 Å². The number of aromatic nitrogens is 4. The second-order valence-corrected chi connectivity index (χ2v) is 9.06. The van der Waals surface area contributed by atoms with Gasteiger partial charge in [0, 0.05) is 12.5 Å². The number of nitrogens with zero attached hydrogens (tertiary/aromatic N) is 4. The Morgan fingerprint density at radius 3 is 2.32 bits per heavy atom. The molecule has 0 atom stereocenters. The Bertz CT molecular complexity index is 1560. The summed E-state index contributed by atoms with van der Waals surface area (Å²) in [6.45, 7) is 4.80. The van der Waals surface area contributed by atoms with Gasteiger partial charge in [-0.2, -0.15) is 0 Å². The van der Waals surface area contributed by atoms with Crippen LogP contribution >= 0.6 is 0 Å². The minimum absolute atomic E-state index is 0.0653. The van der Waals surface area contributed by atoms with Gasteiger partial charge in [-0.05, 0) is 28.3 Å². The summed E-state index contributed by atoms with van der Waals surface area (Å²) in [5.74, 6) is -0.0835. The molecule has 0 aliphatic heterocycles. The predicted molar refractivity (Wildman–Crippen MR) is 140 cm³/mol. The third kappa shape index (κ3) is 4.86. The molecule has 0 saturated carbocycles. The molecule has 0 unspecified atom stereocenters. The first kappa shape index (κ1) is 24.0. The lowest BCUT2D eigenvalue weighted by molar-refractivity contribution is 0.0697. The second kappa shape index (κ2) is 10.1. The average molecular weight is 495 g/mol. The Kier molecular flexibility index (Phi) is 6.55. The van der Waals surface area contributed by atoms with Gasteiger partial charge in [0.05, 0.1) is 5.56 Å². The van der Waals surface area contributed by atoms with Gasteiger partial charge in [-0.3, -0.25) is 0 Å². The van der Waals surface area contributed by atoms with E-state index in [1.807, 2.05) is 79.1 Å². The fourth-order valence-electron chi connectivity index (χ4n) is 4.35. The molecule has 0 saturated heterocycles. The molecule has 0 bridgehead atoms. The summed E-state index contributed by atoms with van der Waals surface area (Å²) in [5, 5.41) is 28.2. The van der Waals surface area contributed by atoms with Crippen molar-refractivity contribution >= 4 is 17.0 Å². The van der Waals surface area contributed by atoms with Crippen molar-refractivity contribution in [1.82, 2.24) is 19.7 Å². The first-order chi connectivity index (χ1) is 17.9. The molecule has 5 aromatic rings. The molecule has 2 aromatic heterocycles. The molecule has 0 amide bonds. The number of carboxylic acids is 1. The van der Waals surface area contributed by atoms with Crippen molar-refractivity contribution in [3.63, 3.8) is 0 Å². The summed E-state index contributed by atoms with van der Waals surface area (Å²) < 4.78 is 7.88. The number of benzene rings is 3. The molecule has 0 radical (unpaired) electrons. The van der Waals surface area contributed by atoms with E-state index >= 15 is 0 Å². The SMILES string of the molecule is CC(C)c1nc2c(OCc3ccccc3)nnc(O)c2n1Cc1ccc(-c2ccccc2C(=O)O)cc1. The zero-order valence-electron chi connectivity index (χ0n) is 20.5. The normalized spacial score (nSPS) is 11.2. The standard InChI is InChI=1S/C29H26N4O4/c1-18(2)26-30-24-25(27(34)31-32-28(24)37-17-20-8-4-3-5-9-20)33(26)16-19-12-14-21(15-13-19)22-10-6-7-11-23(22)29(35)36/h3-15,18H,16-17H2,1-2H3,(H,31,34)(H,35,36). The van der Waals surface area contributed by atoms with Crippen LogP contribution in [0.1, 0.15) is 47.1 Å². The molecule has 8 nitrogen and oxygen atoms in total. The third-order valence-electron chi connectivity index (χ3n) is 6.14. The van der Waals surface area contributed by atoms with Crippen molar-refractivity contribution < 1.29 is 19.7 Å². The van der Waals surface area contributed by atoms with Gasteiger partial charge in [0.25, 0.3) is 11.8 Å². The van der Waals surface area contributed by atoms with Gasteiger partial charge in [-0.1, -0.05) is 86.6 Å². The van der Waals surface area contributed by atoms with Crippen LogP contribution in [0.5, 0.6) is 11.8 Å². The van der Waals surface area contributed by atoms with Crippen molar-refractivity contribution in [3.05, 3.63) is 101 Å². The van der Waals surface area contributed by atoms with Gasteiger partial charge in [0.1, 0.15) is 17.9 Å². The number of hydrogen-bond donors (Lipinski definition) is 2. The summed E-state index contributed by atoms with van der Waals surface area (Å²) in [6, 6.07) is 24.4. The van der Waals surface area contributed by atoms with Crippen molar-refractivity contribution in [2.24, 2.45) is 0 Å². The molecule has 2 N–H and O–H groups in total. The topological polar surface area (TPSA) is 110 Å². The molecule has 2 heterocycles. The van der Waals surface area contributed by atoms with Crippen LogP contribution < -0.4 is 4.74 Å². The molecule has 0 aliphatic rings. The Morgan fingerprint density at radius 2 is 1.62 bits per heavy atom. The van der Waals surface area contributed by atoms with Crippen LogP contribution in [0.4, 0.5) is 0 Å². The van der Waals surface area contributed by atoms with Gasteiger partial charge >= 0.3 is 5.97 Å². The molecule has 5 rings (SSSR count). The van der Waals surface area contributed by atoms with Crippen LogP contribution in [0.25, 0.3) is 22.2 Å². The molecule has 8 heteroatoms. The second-order valence-electron chi connectivity index (χ2n) is 9.06. The van der Waals surface area contributed by atoms with E-state index in [1.54, 1.807) is 18.2 Å². The smallest absolute Gasteiger partial charge is 0.336 e. The number of carbonyl (C=O) groups is 1. The molecule has 186 valence electrons. The van der Waals surface area contributed by atoms with Crippen molar-refractivity contribution in [1.29, 1.82) is 0 Å². The zero-order valence-corrected chi connectivity index (χ0v) is 20.5. The zero-order chi connectivity index (χ0) is 25.9. The molecule has 0 aliphatic carbocycles. The Labute approximate surface area is 213 Å². The lowest BCUT2D eigenvalue weighted by atomic mass is 9.98. The number of carboxylic acid groups (broad SMARTS) is 1. The molecular formula is C29H26N4O4. The number of hydrogen-bond acceptors (Lipinski definition) is 6. The maximum atomic E-state index is 11.6. The largest absolute Gasteiger partial charge is 0.491 e. The van der Waals surface area contributed by atoms with Crippen LogP contribution in [0, 0.1) is 0 Å². The summed E-state index contributed by atoms with van der Waals surface area (Å²) in [4.78, 5) is 16.4. The van der Waals surface area contributed by atoms with Gasteiger partial charge in [-0.25, -0.2) is 9.78 Å². The summed E-state index contributed by atoms with van der Waals surface area (Å²) in [6.07, 6.45) is 0. The molecule has 0 fully saturated rings. The number of aromatic carboxylic acids is 1. The highest BCUT2D eigenvalue weighted by Crippen LogP contribution is 2.33. The van der Waals surface area contributed by atoms with E-state index < -0.39 is 5.97 Å². The van der Waals surface area contributed by atoms with E-state index in [0.29, 0.717) is 29.7 Å². The first-order valence-electron chi connectivity index (χ1n) is 12.0. The highest BCUT2D eigenvalue weighted by atomic mass is 16.5. The molecule has 3 aromatic carbocycles. The molecular weight excluding hydrogens is 468 g/mol. The number of rotatable bonds is 8. The van der Waals surface area contributed by atoms with Gasteiger partial charge in [0.15, 0.2) is 5.52 Å². The highest BCUT2D eigenvalue weighted by Gasteiger charge is 2.22. The quantitative estimate of drug-likeness (QED) is 0.287. The Balaban J connectivity index is 1.49. The summed E-state index contributed by atoms with van der Waals surface area (Å²) >= 11 is 0. The number of aromatic hydroxyl groups is 1. The average Bonchev–Trinajstić information content (AvgIpc) is 3.30. The van der Waals surface area contributed by atoms with E-state index in [9.17, 15) is 15.0 Å². The Hall–Kier alpha value is -4.72. The van der Waals surface area contributed by atoms with Crippen molar-refractivity contribution in [3.8, 4) is 22.9 Å². The van der Waals surface area contributed by atoms with E-state index in [-0.39, 0.29) is 23.2 Å². The predicted octanol–water partition coefficient (Wildman–Crippen LogP) is 5.65. The maximum absolute atomic E-state index is 11.6. The van der Waals surface area contributed by atoms with Gasteiger partial charge in [-0.15, -0.1) is 10.2 Å². The highest BCUT2D eigenvalue weighted by molar-refractivity contribution is 5.96. The minimum atomic E-state index is -0.965. The van der Waals surface area contributed by atoms with Crippen LogP contribution in [0.15, 0.2) is 78.9 Å². The van der Waals surface area contributed by atoms with Gasteiger partial charge < -0.3 is 19.5 Å². The summed E-state index contributed by atoms with van der Waals surface area (Å²) in [7, 11) is 0. The lowest BCUT2D eigenvalue weighted by Crippen LogP contribution is -2.07.